The molecule has 0 aromatic carbocycles. The minimum Gasteiger partial charge on any atom is -0.356 e. The summed E-state index contributed by atoms with van der Waals surface area (Å²) in [5.74, 6) is 2.30. The van der Waals surface area contributed by atoms with Gasteiger partial charge in [0.2, 0.25) is 5.91 Å². The number of rotatable bonds is 6. The molecule has 0 aromatic heterocycles. The number of nitrogens with one attached hydrogen (secondary N) is 1. The number of fused-ring (bicyclic) bond motifs is 2. The van der Waals surface area contributed by atoms with Crippen molar-refractivity contribution in [1.29, 1.82) is 0 Å². The fraction of sp³-hybridized carbons (Fsp3) is 0.786. The van der Waals surface area contributed by atoms with Crippen molar-refractivity contribution in [1.82, 2.24) is 5.32 Å². The zero-order valence-corrected chi connectivity index (χ0v) is 10.7. The first kappa shape index (κ1) is 12.6. The van der Waals surface area contributed by atoms with Crippen LogP contribution in [0.4, 0.5) is 0 Å². The Morgan fingerprint density at radius 3 is 2.76 bits per heavy atom. The second-order valence-corrected chi connectivity index (χ2v) is 5.47. The number of nitrogens with two attached hydrogens (primary N) is 1. The number of amides is 1. The number of hydrogen-bond donors (Lipinski definition) is 2. The molecular formula is C14H24N2O. The molecule has 4 unspecified atom stereocenters. The fourth-order valence-corrected chi connectivity index (χ4v) is 3.22. The van der Waals surface area contributed by atoms with E-state index in [0.717, 1.165) is 38.8 Å². The second kappa shape index (κ2) is 5.67. The average Bonchev–Trinajstić information content (AvgIpc) is 2.84. The predicted molar refractivity (Wildman–Crippen MR) is 69.3 cm³/mol. The lowest BCUT2D eigenvalue weighted by molar-refractivity contribution is -0.125. The van der Waals surface area contributed by atoms with E-state index in [4.69, 9.17) is 5.73 Å². The van der Waals surface area contributed by atoms with Gasteiger partial charge in [-0.1, -0.05) is 25.5 Å². The van der Waals surface area contributed by atoms with E-state index in [0.29, 0.717) is 17.8 Å². The summed E-state index contributed by atoms with van der Waals surface area (Å²) < 4.78 is 0. The van der Waals surface area contributed by atoms with Gasteiger partial charge in [-0.25, -0.2) is 0 Å². The maximum absolute atomic E-state index is 12.0. The van der Waals surface area contributed by atoms with Crippen molar-refractivity contribution in [3.63, 3.8) is 0 Å². The first-order valence-electron chi connectivity index (χ1n) is 6.90. The number of carbonyl (C=O) groups is 1. The summed E-state index contributed by atoms with van der Waals surface area (Å²) in [5, 5.41) is 3.08. The Balaban J connectivity index is 1.69. The van der Waals surface area contributed by atoms with Gasteiger partial charge in [-0.05, 0) is 43.6 Å². The van der Waals surface area contributed by atoms with Crippen LogP contribution in [-0.4, -0.2) is 19.0 Å². The molecule has 0 saturated heterocycles. The van der Waals surface area contributed by atoms with Crippen molar-refractivity contribution < 1.29 is 4.79 Å². The summed E-state index contributed by atoms with van der Waals surface area (Å²) in [7, 11) is 0. The molecule has 4 atom stereocenters. The van der Waals surface area contributed by atoms with E-state index in [-0.39, 0.29) is 11.8 Å². The standard InChI is InChI=1S/C14H24N2O/c1-10-11-5-6-12(10)13(9-11)14(17)16-8-4-2-3-7-15/h5-6,10-13H,2-4,7-9,15H2,1H3,(H,16,17). The number of carbonyl (C=O) groups excluding carboxylic acids is 1. The normalized spacial score (nSPS) is 34.2. The van der Waals surface area contributed by atoms with E-state index in [1.165, 1.54) is 0 Å². The van der Waals surface area contributed by atoms with E-state index in [9.17, 15) is 4.79 Å². The van der Waals surface area contributed by atoms with Gasteiger partial charge in [-0.3, -0.25) is 4.79 Å². The van der Waals surface area contributed by atoms with E-state index in [1.54, 1.807) is 0 Å². The van der Waals surface area contributed by atoms with Gasteiger partial charge in [0.1, 0.15) is 0 Å². The van der Waals surface area contributed by atoms with Gasteiger partial charge in [-0.2, -0.15) is 0 Å². The summed E-state index contributed by atoms with van der Waals surface area (Å²) in [4.78, 5) is 12.0. The molecule has 17 heavy (non-hydrogen) atoms. The van der Waals surface area contributed by atoms with Crippen molar-refractivity contribution in [2.45, 2.75) is 32.6 Å². The molecule has 3 nitrogen and oxygen atoms in total. The maximum atomic E-state index is 12.0. The molecule has 1 saturated carbocycles. The Bertz CT molecular complexity index is 301. The predicted octanol–water partition coefficient (Wildman–Crippen LogP) is 1.69. The van der Waals surface area contributed by atoms with Crippen LogP contribution in [0.1, 0.15) is 32.6 Å². The van der Waals surface area contributed by atoms with Crippen molar-refractivity contribution >= 4 is 5.91 Å². The Morgan fingerprint density at radius 2 is 2.18 bits per heavy atom. The molecule has 2 aliphatic rings. The highest BCUT2D eigenvalue weighted by molar-refractivity contribution is 5.80. The van der Waals surface area contributed by atoms with Crippen molar-refractivity contribution in [3.05, 3.63) is 12.2 Å². The van der Waals surface area contributed by atoms with E-state index >= 15 is 0 Å². The first-order valence-corrected chi connectivity index (χ1v) is 6.90. The molecule has 1 amide bonds. The highest BCUT2D eigenvalue weighted by Gasteiger charge is 2.44. The number of hydrogen-bond acceptors (Lipinski definition) is 2. The monoisotopic (exact) mass is 236 g/mol. The Labute approximate surface area is 104 Å². The largest absolute Gasteiger partial charge is 0.356 e. The molecule has 0 aliphatic heterocycles. The van der Waals surface area contributed by atoms with Crippen LogP contribution >= 0.6 is 0 Å². The van der Waals surface area contributed by atoms with Crippen molar-refractivity contribution in [2.24, 2.45) is 29.4 Å². The maximum Gasteiger partial charge on any atom is 0.223 e. The molecule has 96 valence electrons. The topological polar surface area (TPSA) is 55.1 Å². The van der Waals surface area contributed by atoms with Crippen LogP contribution in [0.3, 0.4) is 0 Å². The van der Waals surface area contributed by atoms with Crippen LogP contribution in [-0.2, 0) is 4.79 Å². The Kier molecular flexibility index (Phi) is 4.21. The smallest absolute Gasteiger partial charge is 0.223 e. The van der Waals surface area contributed by atoms with Crippen molar-refractivity contribution in [2.75, 3.05) is 13.1 Å². The molecule has 3 heteroatoms. The fourth-order valence-electron chi connectivity index (χ4n) is 3.22. The molecule has 3 N–H and O–H groups in total. The zero-order valence-electron chi connectivity index (χ0n) is 10.7. The van der Waals surface area contributed by atoms with Crippen LogP contribution in [0.2, 0.25) is 0 Å². The number of unbranched alkanes of at least 4 members (excludes halogenated alkanes) is 2. The van der Waals surface area contributed by atoms with E-state index < -0.39 is 0 Å². The molecule has 0 aromatic rings. The third-order valence-corrected chi connectivity index (χ3v) is 4.37. The third kappa shape index (κ3) is 2.71. The second-order valence-electron chi connectivity index (χ2n) is 5.47. The zero-order chi connectivity index (χ0) is 12.3. The van der Waals surface area contributed by atoms with Gasteiger partial charge in [0.05, 0.1) is 0 Å². The molecule has 2 aliphatic carbocycles. The highest BCUT2D eigenvalue weighted by Crippen LogP contribution is 2.47. The van der Waals surface area contributed by atoms with Gasteiger partial charge in [0.25, 0.3) is 0 Å². The lowest BCUT2D eigenvalue weighted by Gasteiger charge is -2.18. The van der Waals surface area contributed by atoms with Gasteiger partial charge >= 0.3 is 0 Å². The molecule has 2 rings (SSSR count). The van der Waals surface area contributed by atoms with Gasteiger partial charge < -0.3 is 11.1 Å². The molecule has 0 spiro atoms. The molecule has 2 bridgehead atoms. The summed E-state index contributed by atoms with van der Waals surface area (Å²) in [6, 6.07) is 0. The highest BCUT2D eigenvalue weighted by atomic mass is 16.1. The van der Waals surface area contributed by atoms with Crippen LogP contribution in [0, 0.1) is 23.7 Å². The molecule has 0 radical (unpaired) electrons. The first-order chi connectivity index (χ1) is 8.24. The van der Waals surface area contributed by atoms with Gasteiger partial charge in [-0.15, -0.1) is 0 Å². The minimum absolute atomic E-state index is 0.231. The van der Waals surface area contributed by atoms with Crippen LogP contribution < -0.4 is 11.1 Å². The van der Waals surface area contributed by atoms with Crippen LogP contribution in [0.15, 0.2) is 12.2 Å². The molecule has 0 heterocycles. The summed E-state index contributed by atoms with van der Waals surface area (Å²) in [6.45, 7) is 3.83. The summed E-state index contributed by atoms with van der Waals surface area (Å²) >= 11 is 0. The Hall–Kier alpha value is -0.830. The van der Waals surface area contributed by atoms with Gasteiger partial charge in [0.15, 0.2) is 0 Å². The van der Waals surface area contributed by atoms with Crippen LogP contribution in [0.5, 0.6) is 0 Å². The SMILES string of the molecule is CC1C2C=CC1C(C(=O)NCCCCCN)C2. The molecular weight excluding hydrogens is 212 g/mol. The minimum atomic E-state index is 0.231. The van der Waals surface area contributed by atoms with Gasteiger partial charge in [0, 0.05) is 12.5 Å². The average molecular weight is 236 g/mol. The van der Waals surface area contributed by atoms with Crippen molar-refractivity contribution in [3.8, 4) is 0 Å². The Morgan fingerprint density at radius 1 is 1.35 bits per heavy atom. The van der Waals surface area contributed by atoms with Crippen LogP contribution in [0.25, 0.3) is 0 Å². The van der Waals surface area contributed by atoms with E-state index in [2.05, 4.69) is 24.4 Å². The number of allylic oxidation sites excluding steroid dienone is 2. The summed E-state index contributed by atoms with van der Waals surface area (Å²) in [5.41, 5.74) is 5.43. The quantitative estimate of drug-likeness (QED) is 0.544. The lowest BCUT2D eigenvalue weighted by atomic mass is 9.91. The lowest BCUT2D eigenvalue weighted by Crippen LogP contribution is -2.33. The molecule has 1 fully saturated rings. The third-order valence-electron chi connectivity index (χ3n) is 4.37. The van der Waals surface area contributed by atoms with E-state index in [1.807, 2.05) is 0 Å². The summed E-state index contributed by atoms with van der Waals surface area (Å²) in [6.07, 6.45) is 8.82.